The molecule has 50 valence electrons. The third kappa shape index (κ3) is 2.55. The van der Waals surface area contributed by atoms with E-state index in [1.807, 2.05) is 4.08 Å². The second-order valence-electron chi connectivity index (χ2n) is 2.42. The van der Waals surface area contributed by atoms with Crippen LogP contribution in [0.2, 0.25) is 0 Å². The van der Waals surface area contributed by atoms with Crippen molar-refractivity contribution in [1.82, 2.24) is 0 Å². The zero-order valence-corrected chi connectivity index (χ0v) is 7.65. The third-order valence-electron chi connectivity index (χ3n) is 1.72. The molecule has 0 aromatic rings. The number of hydrogen-bond acceptors (Lipinski definition) is 0. The molecule has 1 rings (SSSR count). The summed E-state index contributed by atoms with van der Waals surface area (Å²) in [5.41, 5.74) is 4.79. The Bertz CT molecular complexity index is 133. The highest BCUT2D eigenvalue weighted by molar-refractivity contribution is 14.1. The van der Waals surface area contributed by atoms with Crippen molar-refractivity contribution in [3.05, 3.63) is 15.4 Å². The molecule has 0 radical (unpaired) electrons. The zero-order chi connectivity index (χ0) is 6.53. The Balaban J connectivity index is 2.49. The van der Waals surface area contributed by atoms with Crippen molar-refractivity contribution >= 4 is 22.6 Å². The molecule has 9 heavy (non-hydrogen) atoms. The summed E-state index contributed by atoms with van der Waals surface area (Å²) >= 11 is 2.23. The van der Waals surface area contributed by atoms with E-state index in [1.165, 1.54) is 37.7 Å². The van der Waals surface area contributed by atoms with Crippen LogP contribution in [0.1, 0.15) is 32.1 Å². The van der Waals surface area contributed by atoms with Crippen LogP contribution >= 0.6 is 22.6 Å². The van der Waals surface area contributed by atoms with E-state index in [2.05, 4.69) is 28.3 Å². The van der Waals surface area contributed by atoms with Crippen LogP contribution in [-0.4, -0.2) is 0 Å². The third-order valence-corrected chi connectivity index (χ3v) is 2.03. The molecule has 0 heterocycles. The fourth-order valence-electron chi connectivity index (χ4n) is 1.20. The Morgan fingerprint density at radius 2 is 1.89 bits per heavy atom. The summed E-state index contributed by atoms with van der Waals surface area (Å²) < 4.78 is 2.00. The van der Waals surface area contributed by atoms with Gasteiger partial charge in [0.15, 0.2) is 0 Å². The molecule has 0 saturated heterocycles. The summed E-state index contributed by atoms with van der Waals surface area (Å²) in [6.07, 6.45) is 6.77. The molecular formula is C8H11I. The Kier molecular flexibility index (Phi) is 3.37. The summed E-state index contributed by atoms with van der Waals surface area (Å²) in [5, 5.41) is 0. The second-order valence-corrected chi connectivity index (χ2v) is 3.04. The molecule has 0 atom stereocenters. The smallest absolute Gasteiger partial charge is 0.0186 e. The van der Waals surface area contributed by atoms with Crippen LogP contribution in [-0.2, 0) is 0 Å². The van der Waals surface area contributed by atoms with Gasteiger partial charge in [0.1, 0.15) is 0 Å². The van der Waals surface area contributed by atoms with E-state index in [9.17, 15) is 0 Å². The van der Waals surface area contributed by atoms with Crippen molar-refractivity contribution in [2.24, 2.45) is 0 Å². The van der Waals surface area contributed by atoms with E-state index in [-0.39, 0.29) is 0 Å². The first-order valence-electron chi connectivity index (χ1n) is 3.46. The van der Waals surface area contributed by atoms with Crippen molar-refractivity contribution in [1.29, 1.82) is 0 Å². The van der Waals surface area contributed by atoms with Crippen LogP contribution in [0.4, 0.5) is 0 Å². The van der Waals surface area contributed by atoms with Gasteiger partial charge in [0.2, 0.25) is 0 Å². The SMILES string of the molecule is IC=C=C1CCCCC1. The summed E-state index contributed by atoms with van der Waals surface area (Å²) in [6, 6.07) is 0. The minimum absolute atomic E-state index is 1.29. The molecule has 1 heteroatoms. The summed E-state index contributed by atoms with van der Waals surface area (Å²) in [7, 11) is 0. The van der Waals surface area contributed by atoms with Gasteiger partial charge < -0.3 is 0 Å². The average Bonchev–Trinajstić information content (AvgIpc) is 1.91. The Labute approximate surface area is 70.2 Å². The molecule has 1 aliphatic carbocycles. The highest BCUT2D eigenvalue weighted by atomic mass is 127. The Hall–Kier alpha value is 0.250. The van der Waals surface area contributed by atoms with Gasteiger partial charge in [0.25, 0.3) is 0 Å². The van der Waals surface area contributed by atoms with Crippen molar-refractivity contribution in [2.75, 3.05) is 0 Å². The van der Waals surface area contributed by atoms with Crippen LogP contribution in [0.15, 0.2) is 15.4 Å². The van der Waals surface area contributed by atoms with E-state index >= 15 is 0 Å². The molecule has 0 aromatic carbocycles. The highest BCUT2D eigenvalue weighted by Gasteiger charge is 2.02. The molecule has 1 aliphatic rings. The first-order chi connectivity index (χ1) is 4.43. The lowest BCUT2D eigenvalue weighted by molar-refractivity contribution is 0.600. The van der Waals surface area contributed by atoms with Crippen LogP contribution in [0, 0.1) is 0 Å². The molecule has 0 unspecified atom stereocenters. The Morgan fingerprint density at radius 1 is 1.22 bits per heavy atom. The molecule has 0 spiro atoms. The Morgan fingerprint density at radius 3 is 2.44 bits per heavy atom. The van der Waals surface area contributed by atoms with Gasteiger partial charge in [-0.2, -0.15) is 0 Å². The number of hydrogen-bond donors (Lipinski definition) is 0. The molecule has 1 fully saturated rings. The van der Waals surface area contributed by atoms with E-state index in [0.717, 1.165) is 0 Å². The summed E-state index contributed by atoms with van der Waals surface area (Å²) in [4.78, 5) is 0. The fraction of sp³-hybridized carbons (Fsp3) is 0.625. The number of allylic oxidation sites excluding steroid dienone is 1. The predicted octanol–water partition coefficient (Wildman–Crippen LogP) is 3.42. The largest absolute Gasteiger partial charge is 0.115 e. The second kappa shape index (κ2) is 4.13. The summed E-state index contributed by atoms with van der Waals surface area (Å²) in [5.74, 6) is 0. The van der Waals surface area contributed by atoms with Gasteiger partial charge in [-0.1, -0.05) is 6.42 Å². The molecule has 0 nitrogen and oxygen atoms in total. The van der Waals surface area contributed by atoms with Crippen molar-refractivity contribution < 1.29 is 0 Å². The van der Waals surface area contributed by atoms with Gasteiger partial charge in [0, 0.05) is 4.08 Å². The maximum atomic E-state index is 3.26. The van der Waals surface area contributed by atoms with Gasteiger partial charge >= 0.3 is 0 Å². The number of rotatable bonds is 0. The van der Waals surface area contributed by atoms with Crippen molar-refractivity contribution in [2.45, 2.75) is 32.1 Å². The van der Waals surface area contributed by atoms with E-state index in [0.29, 0.717) is 0 Å². The predicted molar refractivity (Wildman–Crippen MR) is 48.7 cm³/mol. The van der Waals surface area contributed by atoms with E-state index < -0.39 is 0 Å². The quantitative estimate of drug-likeness (QED) is 0.445. The van der Waals surface area contributed by atoms with Gasteiger partial charge in [-0.15, -0.1) is 5.73 Å². The molecule has 0 N–H and O–H groups in total. The van der Waals surface area contributed by atoms with E-state index in [1.54, 1.807) is 0 Å². The standard InChI is InChI=1S/C8H11I/c9-7-6-8-4-2-1-3-5-8/h7H,1-5H2. The lowest BCUT2D eigenvalue weighted by atomic mass is 9.96. The van der Waals surface area contributed by atoms with Gasteiger partial charge in [-0.05, 0) is 53.8 Å². The van der Waals surface area contributed by atoms with Gasteiger partial charge in [0.05, 0.1) is 0 Å². The molecule has 0 aliphatic heterocycles. The van der Waals surface area contributed by atoms with Crippen LogP contribution in [0.25, 0.3) is 0 Å². The molecule has 0 bridgehead atoms. The first-order valence-corrected chi connectivity index (χ1v) is 4.71. The number of halogens is 1. The maximum absolute atomic E-state index is 3.26. The molecular weight excluding hydrogens is 223 g/mol. The van der Waals surface area contributed by atoms with Gasteiger partial charge in [-0.3, -0.25) is 0 Å². The lowest BCUT2D eigenvalue weighted by Crippen LogP contribution is -1.91. The topological polar surface area (TPSA) is 0 Å². The zero-order valence-electron chi connectivity index (χ0n) is 5.49. The normalized spacial score (nSPS) is 19.0. The van der Waals surface area contributed by atoms with Crippen molar-refractivity contribution in [3.63, 3.8) is 0 Å². The summed E-state index contributed by atoms with van der Waals surface area (Å²) in [6.45, 7) is 0. The monoisotopic (exact) mass is 234 g/mol. The minimum atomic E-state index is 1.29. The molecule has 1 saturated carbocycles. The first kappa shape index (κ1) is 7.36. The van der Waals surface area contributed by atoms with Crippen LogP contribution < -0.4 is 0 Å². The fourth-order valence-corrected chi connectivity index (χ4v) is 1.64. The average molecular weight is 234 g/mol. The van der Waals surface area contributed by atoms with Crippen LogP contribution in [0.3, 0.4) is 0 Å². The van der Waals surface area contributed by atoms with Gasteiger partial charge in [-0.25, -0.2) is 0 Å². The lowest BCUT2D eigenvalue weighted by Gasteiger charge is -2.09. The van der Waals surface area contributed by atoms with E-state index in [4.69, 9.17) is 0 Å². The minimum Gasteiger partial charge on any atom is -0.115 e. The van der Waals surface area contributed by atoms with Crippen molar-refractivity contribution in [3.8, 4) is 0 Å². The van der Waals surface area contributed by atoms with Crippen LogP contribution in [0.5, 0.6) is 0 Å². The maximum Gasteiger partial charge on any atom is 0.0186 e. The highest BCUT2D eigenvalue weighted by Crippen LogP contribution is 2.21. The molecule has 0 amide bonds. The molecule has 0 aromatic heterocycles.